The molecule has 9 heteroatoms. The van der Waals surface area contributed by atoms with Crippen LogP contribution in [0.3, 0.4) is 0 Å². The highest BCUT2D eigenvalue weighted by atomic mass is 32.2. The second kappa shape index (κ2) is 7.32. The van der Waals surface area contributed by atoms with Gasteiger partial charge in [0.15, 0.2) is 0 Å². The molecule has 1 N–H and O–H groups in total. The summed E-state index contributed by atoms with van der Waals surface area (Å²) in [5.41, 5.74) is 0.208. The van der Waals surface area contributed by atoms with Crippen LogP contribution in [0.4, 0.5) is 0 Å². The lowest BCUT2D eigenvalue weighted by atomic mass is 10.2. The van der Waals surface area contributed by atoms with Gasteiger partial charge in [-0.25, -0.2) is 17.9 Å². The summed E-state index contributed by atoms with van der Waals surface area (Å²) in [4.78, 5) is 11.8. The van der Waals surface area contributed by atoms with Gasteiger partial charge in [0.05, 0.1) is 17.1 Å². The number of carbonyl (C=O) groups excluding carboxylic acids is 1. The summed E-state index contributed by atoms with van der Waals surface area (Å²) in [5, 5.41) is 7.97. The Morgan fingerprint density at radius 1 is 1.40 bits per heavy atom. The third kappa shape index (κ3) is 4.23. The molecule has 3 rings (SSSR count). The van der Waals surface area contributed by atoms with Gasteiger partial charge in [-0.1, -0.05) is 6.07 Å². The number of rotatable bonds is 8. The highest BCUT2D eigenvalue weighted by Gasteiger charge is 2.28. The van der Waals surface area contributed by atoms with E-state index in [-0.39, 0.29) is 23.6 Å². The van der Waals surface area contributed by atoms with Crippen LogP contribution in [0.5, 0.6) is 0 Å². The molecule has 134 valence electrons. The van der Waals surface area contributed by atoms with Crippen molar-refractivity contribution in [2.75, 3.05) is 13.2 Å². The Hall–Kier alpha value is -2.26. The lowest BCUT2D eigenvalue weighted by molar-refractivity contribution is 0.0526. The van der Waals surface area contributed by atoms with E-state index in [0.717, 1.165) is 18.7 Å². The number of benzene rings is 1. The van der Waals surface area contributed by atoms with Crippen LogP contribution in [-0.2, 0) is 21.3 Å². The SMILES string of the molecule is CCOC(=O)c1cccc(S(=O)(=O)NCCn2cnnc2C2CC2)c1. The van der Waals surface area contributed by atoms with Crippen molar-refractivity contribution in [3.05, 3.63) is 42.0 Å². The summed E-state index contributed by atoms with van der Waals surface area (Å²) in [6, 6.07) is 5.80. The van der Waals surface area contributed by atoms with Crippen LogP contribution in [0.2, 0.25) is 0 Å². The van der Waals surface area contributed by atoms with Crippen molar-refractivity contribution in [1.29, 1.82) is 0 Å². The van der Waals surface area contributed by atoms with Crippen molar-refractivity contribution in [2.45, 2.75) is 37.1 Å². The Labute approximate surface area is 146 Å². The van der Waals surface area contributed by atoms with Crippen molar-refractivity contribution in [2.24, 2.45) is 0 Å². The van der Waals surface area contributed by atoms with E-state index >= 15 is 0 Å². The zero-order valence-corrected chi connectivity index (χ0v) is 14.7. The molecular weight excluding hydrogens is 344 g/mol. The molecule has 1 aliphatic rings. The molecule has 0 spiro atoms. The lowest BCUT2D eigenvalue weighted by Gasteiger charge is -2.09. The van der Waals surface area contributed by atoms with Crippen LogP contribution in [-0.4, -0.2) is 42.3 Å². The van der Waals surface area contributed by atoms with Crippen molar-refractivity contribution >= 4 is 16.0 Å². The second-order valence-corrected chi connectivity index (χ2v) is 7.57. The number of ether oxygens (including phenoxy) is 1. The van der Waals surface area contributed by atoms with E-state index in [1.165, 1.54) is 24.3 Å². The second-order valence-electron chi connectivity index (χ2n) is 5.80. The quantitative estimate of drug-likeness (QED) is 0.709. The molecule has 0 bridgehead atoms. The molecule has 0 amide bonds. The van der Waals surface area contributed by atoms with Gasteiger partial charge in [-0.2, -0.15) is 0 Å². The predicted molar refractivity (Wildman–Crippen MR) is 89.6 cm³/mol. The first kappa shape index (κ1) is 17.6. The number of hydrogen-bond donors (Lipinski definition) is 1. The Bertz CT molecular complexity index is 859. The number of nitrogens with one attached hydrogen (secondary N) is 1. The molecule has 1 saturated carbocycles. The minimum absolute atomic E-state index is 0.0317. The maximum Gasteiger partial charge on any atom is 0.338 e. The third-order valence-electron chi connectivity index (χ3n) is 3.89. The molecule has 25 heavy (non-hydrogen) atoms. The highest BCUT2D eigenvalue weighted by Crippen LogP contribution is 2.38. The van der Waals surface area contributed by atoms with Gasteiger partial charge in [0.1, 0.15) is 12.2 Å². The van der Waals surface area contributed by atoms with E-state index in [4.69, 9.17) is 4.74 Å². The first-order chi connectivity index (χ1) is 12.0. The Morgan fingerprint density at radius 3 is 2.92 bits per heavy atom. The Balaban J connectivity index is 1.64. The molecule has 8 nitrogen and oxygen atoms in total. The lowest BCUT2D eigenvalue weighted by Crippen LogP contribution is -2.28. The van der Waals surface area contributed by atoms with Crippen LogP contribution in [0, 0.1) is 0 Å². The first-order valence-electron chi connectivity index (χ1n) is 8.16. The van der Waals surface area contributed by atoms with Gasteiger partial charge in [0.25, 0.3) is 0 Å². The molecular formula is C16H20N4O4S. The molecule has 0 atom stereocenters. The fourth-order valence-electron chi connectivity index (χ4n) is 2.48. The van der Waals surface area contributed by atoms with E-state index < -0.39 is 16.0 Å². The average molecular weight is 364 g/mol. The van der Waals surface area contributed by atoms with Crippen LogP contribution >= 0.6 is 0 Å². The van der Waals surface area contributed by atoms with Crippen LogP contribution in [0.15, 0.2) is 35.5 Å². The Morgan fingerprint density at radius 2 is 2.20 bits per heavy atom. The van der Waals surface area contributed by atoms with Crippen molar-refractivity contribution in [3.63, 3.8) is 0 Å². The van der Waals surface area contributed by atoms with E-state index in [1.54, 1.807) is 13.3 Å². The van der Waals surface area contributed by atoms with E-state index in [1.807, 2.05) is 4.57 Å². The monoisotopic (exact) mass is 364 g/mol. The van der Waals surface area contributed by atoms with Crippen LogP contribution in [0.1, 0.15) is 41.9 Å². The van der Waals surface area contributed by atoms with Gasteiger partial charge in [0.2, 0.25) is 10.0 Å². The Kier molecular flexibility index (Phi) is 5.14. The number of nitrogens with zero attached hydrogens (tertiary/aromatic N) is 3. The van der Waals surface area contributed by atoms with E-state index in [2.05, 4.69) is 14.9 Å². The fourth-order valence-corrected chi connectivity index (χ4v) is 3.55. The van der Waals surface area contributed by atoms with Gasteiger partial charge in [-0.3, -0.25) is 0 Å². The predicted octanol–water partition coefficient (Wildman–Crippen LogP) is 1.31. The minimum Gasteiger partial charge on any atom is -0.462 e. The van der Waals surface area contributed by atoms with Crippen molar-refractivity contribution in [3.8, 4) is 0 Å². The molecule has 1 aromatic heterocycles. The van der Waals surface area contributed by atoms with Crippen molar-refractivity contribution in [1.82, 2.24) is 19.5 Å². The maximum absolute atomic E-state index is 12.4. The molecule has 0 aliphatic heterocycles. The average Bonchev–Trinajstić information content (AvgIpc) is 3.34. The third-order valence-corrected chi connectivity index (χ3v) is 5.35. The molecule has 0 radical (unpaired) electrons. The zero-order valence-electron chi connectivity index (χ0n) is 13.9. The summed E-state index contributed by atoms with van der Waals surface area (Å²) in [6.45, 7) is 2.59. The number of hydrogen-bond acceptors (Lipinski definition) is 6. The zero-order chi connectivity index (χ0) is 17.9. The number of sulfonamides is 1. The summed E-state index contributed by atoms with van der Waals surface area (Å²) >= 11 is 0. The van der Waals surface area contributed by atoms with Crippen molar-refractivity contribution < 1.29 is 17.9 Å². The number of esters is 1. The summed E-state index contributed by atoms with van der Waals surface area (Å²) < 4.78 is 34.1. The first-order valence-corrected chi connectivity index (χ1v) is 9.64. The summed E-state index contributed by atoms with van der Waals surface area (Å²) in [5.74, 6) is 0.807. The number of carbonyl (C=O) groups is 1. The smallest absolute Gasteiger partial charge is 0.338 e. The minimum atomic E-state index is -3.71. The molecule has 0 unspecified atom stereocenters. The van der Waals surface area contributed by atoms with Gasteiger partial charge >= 0.3 is 5.97 Å². The van der Waals surface area contributed by atoms with Crippen LogP contribution < -0.4 is 4.72 Å². The van der Waals surface area contributed by atoms with E-state index in [9.17, 15) is 13.2 Å². The molecule has 1 fully saturated rings. The normalized spacial score (nSPS) is 14.4. The van der Waals surface area contributed by atoms with Crippen LogP contribution in [0.25, 0.3) is 0 Å². The molecule has 0 saturated heterocycles. The largest absolute Gasteiger partial charge is 0.462 e. The summed E-state index contributed by atoms with van der Waals surface area (Å²) in [6.07, 6.45) is 3.82. The topological polar surface area (TPSA) is 103 Å². The molecule has 2 aromatic rings. The number of aromatic nitrogens is 3. The van der Waals surface area contributed by atoms with Gasteiger partial charge < -0.3 is 9.30 Å². The summed E-state index contributed by atoms with van der Waals surface area (Å²) in [7, 11) is -3.71. The van der Waals surface area contributed by atoms with Gasteiger partial charge in [-0.15, -0.1) is 10.2 Å². The highest BCUT2D eigenvalue weighted by molar-refractivity contribution is 7.89. The standard InChI is InChI=1S/C16H20N4O4S/c1-2-24-16(21)13-4-3-5-14(10-13)25(22,23)18-8-9-20-11-17-19-15(20)12-6-7-12/h3-5,10-12,18H,2,6-9H2,1H3. The molecule has 1 aliphatic carbocycles. The molecule has 1 heterocycles. The van der Waals surface area contributed by atoms with Gasteiger partial charge in [0, 0.05) is 19.0 Å². The maximum atomic E-state index is 12.4. The van der Waals surface area contributed by atoms with Gasteiger partial charge in [-0.05, 0) is 38.0 Å². The van der Waals surface area contributed by atoms with E-state index in [0.29, 0.717) is 12.5 Å². The fraction of sp³-hybridized carbons (Fsp3) is 0.438. The molecule has 1 aromatic carbocycles.